The number of nitro groups is 6. The lowest BCUT2D eigenvalue weighted by Crippen LogP contribution is -2.82. The average Bonchev–Trinajstić information content (AvgIpc) is 3.10. The van der Waals surface area contributed by atoms with Crippen molar-refractivity contribution in [2.24, 2.45) is 0 Å². The maximum atomic E-state index is 11.4. The van der Waals surface area contributed by atoms with E-state index in [0.29, 0.717) is 30.1 Å². The molecule has 6 N–H and O–H groups in total. The summed E-state index contributed by atoms with van der Waals surface area (Å²) in [5.41, 5.74) is 10.1. The maximum Gasteiger partial charge on any atom is 0.226 e. The number of rotatable bonds is 12. The summed E-state index contributed by atoms with van der Waals surface area (Å²) < 4.78 is 0. The highest BCUT2D eigenvalue weighted by Crippen LogP contribution is 2.46. The molecule has 30 heteroatoms. The third kappa shape index (κ3) is 3.63. The smallest absolute Gasteiger partial charge is 0.226 e. The van der Waals surface area contributed by atoms with Crippen LogP contribution in [0.3, 0.4) is 0 Å². The van der Waals surface area contributed by atoms with Crippen LogP contribution in [-0.4, -0.2) is 98.0 Å². The Bertz CT molecular complexity index is 871. The molecule has 30 nitrogen and oxygen atoms in total. The summed E-state index contributed by atoms with van der Waals surface area (Å²) in [5, 5.41) is 64.8. The summed E-state index contributed by atoms with van der Waals surface area (Å²) in [6.45, 7) is 0. The predicted molar refractivity (Wildman–Crippen MR) is 94.5 cm³/mol. The van der Waals surface area contributed by atoms with Crippen molar-refractivity contribution < 1.29 is 30.2 Å². The summed E-state index contributed by atoms with van der Waals surface area (Å²) >= 11 is 0. The monoisotopic (exact) mass is 528 g/mol. The molecular weight excluding hydrogens is 516 g/mol. The summed E-state index contributed by atoms with van der Waals surface area (Å²) in [7, 11) is 0. The molecule has 0 amide bonds. The van der Waals surface area contributed by atoms with Crippen LogP contribution >= 0.6 is 0 Å². The molecule has 0 spiro atoms. The highest BCUT2D eigenvalue weighted by atomic mass is 16.7. The van der Waals surface area contributed by atoms with Gasteiger partial charge in [-0.2, -0.15) is 30.1 Å². The Hall–Kier alpha value is -5.04. The molecule has 198 valence electrons. The fraction of sp³-hybridized carbons (Fsp3) is 1.00. The topological polar surface area (TPSA) is 350 Å². The predicted octanol–water partition coefficient (Wildman–Crippen LogP) is -7.01. The van der Waals surface area contributed by atoms with Gasteiger partial charge in [-0.3, -0.25) is 0 Å². The summed E-state index contributed by atoms with van der Waals surface area (Å²) in [5.74, 6) is 0. The van der Waals surface area contributed by atoms with E-state index < -0.39 is 67.9 Å². The van der Waals surface area contributed by atoms with E-state index in [0.717, 1.165) is 0 Å². The van der Waals surface area contributed by atoms with Gasteiger partial charge in [0.25, 0.3) is 0 Å². The zero-order valence-corrected chi connectivity index (χ0v) is 16.7. The SMILES string of the molecule is O=[N+]([O-])NC1N2C(N[N+](=O)[O-])N3C(N[N+](=O)[O-])N4C(N[N+](=O)[O-])N3C(N[N+](=O)[O-])N2C(N[N+](=O)[O-])N14. The van der Waals surface area contributed by atoms with Gasteiger partial charge in [0.1, 0.15) is 0 Å². The first-order chi connectivity index (χ1) is 16.8. The van der Waals surface area contributed by atoms with Gasteiger partial charge in [0.05, 0.1) is 0 Å². The van der Waals surface area contributed by atoms with Gasteiger partial charge >= 0.3 is 0 Å². The Labute approximate surface area is 192 Å². The van der Waals surface area contributed by atoms with E-state index in [4.69, 9.17) is 0 Å². The van der Waals surface area contributed by atoms with Crippen LogP contribution in [0.1, 0.15) is 0 Å². The normalized spacial score (nSPS) is 41.0. The molecule has 0 saturated carbocycles. The molecule has 0 aromatic heterocycles. The fourth-order valence-electron chi connectivity index (χ4n) is 4.32. The molecule has 0 aromatic rings. The standard InChI is InChI=1S/C6H12N18O12/c25-19(26)7-1-13-2(8-20(27)28)16-6(12-24(35)36)18-4(10-22(31)32)14(13)3(9-21(29)30)17(18)5(15(1)16)11-23(33)34/h1-12H. The molecule has 0 aliphatic carbocycles. The van der Waals surface area contributed by atoms with Crippen molar-refractivity contribution in [1.82, 2.24) is 62.6 Å². The molecule has 6 bridgehead atoms. The van der Waals surface area contributed by atoms with E-state index in [1.54, 1.807) is 32.6 Å². The minimum absolute atomic E-state index is 0.587. The van der Waals surface area contributed by atoms with E-state index >= 15 is 0 Å². The van der Waals surface area contributed by atoms with Crippen LogP contribution in [0.5, 0.6) is 0 Å². The number of nitrogens with zero attached hydrogens (tertiary/aromatic N) is 12. The lowest BCUT2D eigenvalue weighted by Gasteiger charge is -2.51. The first kappa shape index (κ1) is 24.1. The zero-order chi connectivity index (χ0) is 26.6. The Kier molecular flexibility index (Phi) is 5.57. The molecule has 0 atom stereocenters. The number of hydrogen-bond donors (Lipinski definition) is 6. The van der Waals surface area contributed by atoms with Crippen LogP contribution < -0.4 is 32.6 Å². The summed E-state index contributed by atoms with van der Waals surface area (Å²) in [6, 6.07) is 0. The van der Waals surface area contributed by atoms with Crippen molar-refractivity contribution in [2.75, 3.05) is 0 Å². The molecule has 5 fully saturated rings. The van der Waals surface area contributed by atoms with Gasteiger partial charge < -0.3 is 0 Å². The van der Waals surface area contributed by atoms with Crippen molar-refractivity contribution in [1.29, 1.82) is 0 Å². The van der Waals surface area contributed by atoms with Gasteiger partial charge in [-0.15, -0.1) is 32.6 Å². The molecule has 5 heterocycles. The minimum atomic E-state index is -2.02. The van der Waals surface area contributed by atoms with E-state index in [1.165, 1.54) is 0 Å². The van der Waals surface area contributed by atoms with Crippen LogP contribution in [0.15, 0.2) is 0 Å². The van der Waals surface area contributed by atoms with Crippen LogP contribution in [0.4, 0.5) is 0 Å². The first-order valence-electron chi connectivity index (χ1n) is 8.96. The van der Waals surface area contributed by atoms with Crippen LogP contribution in [-0.2, 0) is 0 Å². The maximum absolute atomic E-state index is 11.4. The Morgan fingerprint density at radius 3 is 0.528 bits per heavy atom. The lowest BCUT2D eigenvalue weighted by molar-refractivity contribution is -0.614. The molecule has 0 unspecified atom stereocenters. The molecule has 0 aromatic carbocycles. The van der Waals surface area contributed by atoms with Crippen LogP contribution in [0.2, 0.25) is 0 Å². The van der Waals surface area contributed by atoms with Crippen molar-refractivity contribution >= 4 is 0 Å². The highest BCUT2D eigenvalue weighted by Gasteiger charge is 2.77. The lowest BCUT2D eigenvalue weighted by atomic mass is 10.5. The van der Waals surface area contributed by atoms with Crippen LogP contribution in [0.25, 0.3) is 0 Å². The molecule has 0 radical (unpaired) electrons. The summed E-state index contributed by atoms with van der Waals surface area (Å²) in [6.07, 6.45) is -12.1. The molecular formula is C6H12N18O12. The van der Waals surface area contributed by atoms with Gasteiger partial charge in [-0.1, -0.05) is 0 Å². The molecule has 5 saturated heterocycles. The first-order valence-corrected chi connectivity index (χ1v) is 8.96. The fourth-order valence-corrected chi connectivity index (χ4v) is 4.32. The zero-order valence-electron chi connectivity index (χ0n) is 16.7. The van der Waals surface area contributed by atoms with E-state index in [9.17, 15) is 60.7 Å². The molecule has 5 aliphatic heterocycles. The van der Waals surface area contributed by atoms with Crippen molar-refractivity contribution in [2.45, 2.75) is 37.7 Å². The number of hydrazine groups is 9. The minimum Gasteiger partial charge on any atom is -0.235 e. The van der Waals surface area contributed by atoms with Crippen molar-refractivity contribution in [3.8, 4) is 0 Å². The molecule has 5 aliphatic rings. The molecule has 36 heavy (non-hydrogen) atoms. The quantitative estimate of drug-likeness (QED) is 0.101. The second kappa shape index (κ2) is 8.32. The average molecular weight is 528 g/mol. The number of nitrogens with one attached hydrogen (secondary N) is 6. The van der Waals surface area contributed by atoms with Gasteiger partial charge in [0, 0.05) is 0 Å². The molecule has 5 rings (SSSR count). The van der Waals surface area contributed by atoms with Gasteiger partial charge in [0.15, 0.2) is 30.2 Å². The largest absolute Gasteiger partial charge is 0.235 e. The van der Waals surface area contributed by atoms with Crippen molar-refractivity contribution in [3.05, 3.63) is 60.7 Å². The van der Waals surface area contributed by atoms with Gasteiger partial charge in [-0.05, 0) is 0 Å². The second-order valence-corrected chi connectivity index (χ2v) is 6.84. The summed E-state index contributed by atoms with van der Waals surface area (Å²) in [4.78, 5) is 68.2. The van der Waals surface area contributed by atoms with E-state index in [-0.39, 0.29) is 0 Å². The Balaban J connectivity index is 2.00. The van der Waals surface area contributed by atoms with Crippen LogP contribution in [0, 0.1) is 60.7 Å². The second-order valence-electron chi connectivity index (χ2n) is 6.84. The third-order valence-corrected chi connectivity index (χ3v) is 5.13. The van der Waals surface area contributed by atoms with Gasteiger partial charge in [0.2, 0.25) is 37.7 Å². The van der Waals surface area contributed by atoms with E-state index in [1.807, 2.05) is 0 Å². The third-order valence-electron chi connectivity index (χ3n) is 5.13. The highest BCUT2D eigenvalue weighted by molar-refractivity contribution is 5.00. The Morgan fingerprint density at radius 2 is 0.444 bits per heavy atom. The van der Waals surface area contributed by atoms with Gasteiger partial charge in [-0.25, -0.2) is 60.7 Å². The number of hydrogen-bond acceptors (Lipinski definition) is 18. The van der Waals surface area contributed by atoms with Crippen molar-refractivity contribution in [3.63, 3.8) is 0 Å². The van der Waals surface area contributed by atoms with E-state index in [2.05, 4.69) is 0 Å². The Morgan fingerprint density at radius 1 is 0.333 bits per heavy atom.